The molecule has 0 unspecified atom stereocenters. The Kier molecular flexibility index (Phi) is 3.61. The molecule has 0 saturated carbocycles. The minimum absolute atomic E-state index is 0.128. The first kappa shape index (κ1) is 11.4. The standard InChI is InChI=1S/C10H12FN3O/c11-7-2-1-6(5-13)9(10(7)15)8(14)3-4-12/h1-2,8,15H,3-4,12,14H2/t8-/m0/s1. The predicted octanol–water partition coefficient (Wildman–Crippen LogP) is 0.752. The predicted molar refractivity (Wildman–Crippen MR) is 53.4 cm³/mol. The largest absolute Gasteiger partial charge is 0.505 e. The fourth-order valence-electron chi connectivity index (χ4n) is 1.38. The Morgan fingerprint density at radius 3 is 2.73 bits per heavy atom. The average molecular weight is 209 g/mol. The third kappa shape index (κ3) is 2.24. The second-order valence-electron chi connectivity index (χ2n) is 3.15. The van der Waals surface area contributed by atoms with Crippen LogP contribution >= 0.6 is 0 Å². The molecule has 0 aliphatic heterocycles. The molecule has 0 fully saturated rings. The molecule has 0 amide bonds. The number of phenols is 1. The van der Waals surface area contributed by atoms with Gasteiger partial charge in [-0.15, -0.1) is 0 Å². The van der Waals surface area contributed by atoms with Crippen LogP contribution in [0.15, 0.2) is 12.1 Å². The lowest BCUT2D eigenvalue weighted by molar-refractivity contribution is 0.418. The number of hydrogen-bond acceptors (Lipinski definition) is 4. The maximum absolute atomic E-state index is 13.0. The van der Waals surface area contributed by atoms with Crippen molar-refractivity contribution in [2.75, 3.05) is 6.54 Å². The Bertz CT molecular complexity index is 400. The van der Waals surface area contributed by atoms with Crippen molar-refractivity contribution in [3.8, 4) is 11.8 Å². The number of nitriles is 1. The van der Waals surface area contributed by atoms with Crippen LogP contribution in [0.4, 0.5) is 4.39 Å². The summed E-state index contributed by atoms with van der Waals surface area (Å²) in [7, 11) is 0. The zero-order chi connectivity index (χ0) is 11.4. The molecule has 5 N–H and O–H groups in total. The van der Waals surface area contributed by atoms with Crippen molar-refractivity contribution < 1.29 is 9.50 Å². The number of nitrogens with two attached hydrogens (primary N) is 2. The second kappa shape index (κ2) is 4.73. The summed E-state index contributed by atoms with van der Waals surface area (Å²) in [6, 6.07) is 3.56. The fourth-order valence-corrected chi connectivity index (χ4v) is 1.38. The van der Waals surface area contributed by atoms with Gasteiger partial charge in [-0.05, 0) is 25.1 Å². The van der Waals surface area contributed by atoms with E-state index in [1.165, 1.54) is 6.07 Å². The Morgan fingerprint density at radius 2 is 2.20 bits per heavy atom. The van der Waals surface area contributed by atoms with Crippen molar-refractivity contribution in [1.29, 1.82) is 5.26 Å². The molecule has 15 heavy (non-hydrogen) atoms. The number of aromatic hydroxyl groups is 1. The summed E-state index contributed by atoms with van der Waals surface area (Å²) in [5.41, 5.74) is 11.3. The molecule has 0 aromatic heterocycles. The SMILES string of the molecule is N#Cc1ccc(F)c(O)c1[C@@H](N)CCN. The van der Waals surface area contributed by atoms with Crippen molar-refractivity contribution in [3.63, 3.8) is 0 Å². The van der Waals surface area contributed by atoms with E-state index in [9.17, 15) is 9.50 Å². The van der Waals surface area contributed by atoms with Crippen LogP contribution in [0.25, 0.3) is 0 Å². The smallest absolute Gasteiger partial charge is 0.165 e. The van der Waals surface area contributed by atoms with Crippen molar-refractivity contribution in [2.24, 2.45) is 11.5 Å². The first-order chi connectivity index (χ1) is 7.11. The minimum atomic E-state index is -0.781. The lowest BCUT2D eigenvalue weighted by Crippen LogP contribution is -2.17. The van der Waals surface area contributed by atoms with E-state index in [-0.39, 0.29) is 11.1 Å². The summed E-state index contributed by atoms with van der Waals surface area (Å²) in [6.45, 7) is 0.308. The van der Waals surface area contributed by atoms with Gasteiger partial charge in [-0.1, -0.05) is 0 Å². The van der Waals surface area contributed by atoms with Gasteiger partial charge in [0.15, 0.2) is 11.6 Å². The molecular weight excluding hydrogens is 197 g/mol. The van der Waals surface area contributed by atoms with E-state index in [0.29, 0.717) is 13.0 Å². The first-order valence-electron chi connectivity index (χ1n) is 4.49. The average Bonchev–Trinajstić information content (AvgIpc) is 2.22. The quantitative estimate of drug-likeness (QED) is 0.684. The topological polar surface area (TPSA) is 96.1 Å². The van der Waals surface area contributed by atoms with E-state index in [1.807, 2.05) is 6.07 Å². The summed E-state index contributed by atoms with van der Waals surface area (Å²) in [5, 5.41) is 18.2. The molecule has 1 aromatic rings. The van der Waals surface area contributed by atoms with Crippen LogP contribution in [-0.2, 0) is 0 Å². The number of nitrogens with zero attached hydrogens (tertiary/aromatic N) is 1. The number of phenolic OH excluding ortho intramolecular Hbond substituents is 1. The van der Waals surface area contributed by atoms with Crippen LogP contribution in [0.5, 0.6) is 5.75 Å². The van der Waals surface area contributed by atoms with Crippen molar-refractivity contribution >= 4 is 0 Å². The van der Waals surface area contributed by atoms with Gasteiger partial charge < -0.3 is 16.6 Å². The molecule has 0 radical (unpaired) electrons. The highest BCUT2D eigenvalue weighted by molar-refractivity contribution is 5.48. The molecule has 1 rings (SSSR count). The Morgan fingerprint density at radius 1 is 1.53 bits per heavy atom. The van der Waals surface area contributed by atoms with E-state index in [0.717, 1.165) is 6.07 Å². The van der Waals surface area contributed by atoms with Gasteiger partial charge in [0, 0.05) is 11.6 Å². The molecule has 80 valence electrons. The van der Waals surface area contributed by atoms with Gasteiger partial charge >= 0.3 is 0 Å². The van der Waals surface area contributed by atoms with E-state index in [4.69, 9.17) is 16.7 Å². The van der Waals surface area contributed by atoms with Crippen molar-refractivity contribution in [2.45, 2.75) is 12.5 Å². The Hall–Kier alpha value is -1.64. The van der Waals surface area contributed by atoms with Crippen LogP contribution in [0.1, 0.15) is 23.6 Å². The molecule has 0 bridgehead atoms. The van der Waals surface area contributed by atoms with Gasteiger partial charge in [-0.3, -0.25) is 0 Å². The molecular formula is C10H12FN3O. The Labute approximate surface area is 86.9 Å². The summed E-state index contributed by atoms with van der Waals surface area (Å²) >= 11 is 0. The van der Waals surface area contributed by atoms with Gasteiger partial charge in [-0.2, -0.15) is 5.26 Å². The van der Waals surface area contributed by atoms with Crippen LogP contribution in [0, 0.1) is 17.1 Å². The second-order valence-corrected chi connectivity index (χ2v) is 3.15. The highest BCUT2D eigenvalue weighted by Crippen LogP contribution is 2.30. The third-order valence-corrected chi connectivity index (χ3v) is 2.14. The number of benzene rings is 1. The maximum atomic E-state index is 13.0. The van der Waals surface area contributed by atoms with E-state index in [1.54, 1.807) is 0 Å². The monoisotopic (exact) mass is 209 g/mol. The zero-order valence-electron chi connectivity index (χ0n) is 8.07. The molecule has 0 aliphatic rings. The lowest BCUT2D eigenvalue weighted by atomic mass is 9.98. The highest BCUT2D eigenvalue weighted by atomic mass is 19.1. The van der Waals surface area contributed by atoms with Crippen LogP contribution < -0.4 is 11.5 Å². The van der Waals surface area contributed by atoms with Crippen LogP contribution in [0.3, 0.4) is 0 Å². The molecule has 1 aromatic carbocycles. The van der Waals surface area contributed by atoms with E-state index < -0.39 is 17.6 Å². The van der Waals surface area contributed by atoms with Gasteiger partial charge in [0.1, 0.15) is 0 Å². The molecule has 0 aliphatic carbocycles. The first-order valence-corrected chi connectivity index (χ1v) is 4.49. The molecule has 1 atom stereocenters. The van der Waals surface area contributed by atoms with Crippen molar-refractivity contribution in [1.82, 2.24) is 0 Å². The molecule has 4 nitrogen and oxygen atoms in total. The minimum Gasteiger partial charge on any atom is -0.505 e. The number of hydrogen-bond donors (Lipinski definition) is 3. The summed E-state index contributed by atoms with van der Waals surface area (Å²) in [4.78, 5) is 0. The summed E-state index contributed by atoms with van der Waals surface area (Å²) < 4.78 is 13.0. The summed E-state index contributed by atoms with van der Waals surface area (Å²) in [6.07, 6.45) is 0.381. The Balaban J connectivity index is 3.24. The lowest BCUT2D eigenvalue weighted by Gasteiger charge is -2.14. The number of halogens is 1. The molecule has 0 heterocycles. The van der Waals surface area contributed by atoms with Gasteiger partial charge in [-0.25, -0.2) is 4.39 Å². The van der Waals surface area contributed by atoms with Crippen molar-refractivity contribution in [3.05, 3.63) is 29.1 Å². The normalized spacial score (nSPS) is 12.1. The van der Waals surface area contributed by atoms with E-state index in [2.05, 4.69) is 0 Å². The molecule has 0 spiro atoms. The van der Waals surface area contributed by atoms with Crippen LogP contribution in [0.2, 0.25) is 0 Å². The fraction of sp³-hybridized carbons (Fsp3) is 0.300. The zero-order valence-corrected chi connectivity index (χ0v) is 8.07. The summed E-state index contributed by atoms with van der Waals surface area (Å²) in [5.74, 6) is -1.34. The highest BCUT2D eigenvalue weighted by Gasteiger charge is 2.18. The van der Waals surface area contributed by atoms with E-state index >= 15 is 0 Å². The molecule has 0 saturated heterocycles. The van der Waals surface area contributed by atoms with Gasteiger partial charge in [0.25, 0.3) is 0 Å². The van der Waals surface area contributed by atoms with Gasteiger partial charge in [0.05, 0.1) is 11.6 Å². The molecule has 5 heteroatoms. The van der Waals surface area contributed by atoms with Crippen LogP contribution in [-0.4, -0.2) is 11.7 Å². The number of rotatable bonds is 3. The maximum Gasteiger partial charge on any atom is 0.165 e. The third-order valence-electron chi connectivity index (χ3n) is 2.14. The van der Waals surface area contributed by atoms with Gasteiger partial charge in [0.2, 0.25) is 0 Å².